The third-order valence-electron chi connectivity index (χ3n) is 4.46. The topological polar surface area (TPSA) is 73.6 Å². The summed E-state index contributed by atoms with van der Waals surface area (Å²) in [5.74, 6) is 1.64. The Kier molecular flexibility index (Phi) is 5.65. The smallest absolute Gasteiger partial charge is 0.258 e. The number of ether oxygens (including phenoxy) is 2. The predicted octanol–water partition coefficient (Wildman–Crippen LogP) is 4.67. The molecule has 8 heteroatoms. The van der Waals surface area contributed by atoms with Gasteiger partial charge in [-0.3, -0.25) is 4.79 Å². The third kappa shape index (κ3) is 4.66. The molecule has 1 aromatic heterocycles. The van der Waals surface area contributed by atoms with Gasteiger partial charge in [-0.15, -0.1) is 0 Å². The van der Waals surface area contributed by atoms with Gasteiger partial charge in [-0.2, -0.15) is 0 Å². The van der Waals surface area contributed by atoms with E-state index >= 15 is 0 Å². The van der Waals surface area contributed by atoms with Crippen molar-refractivity contribution >= 4 is 29.1 Å². The molecule has 2 aromatic carbocycles. The number of aromatic nitrogens is 1. The first-order valence-electron chi connectivity index (χ1n) is 9.08. The Balaban J connectivity index is 1.31. The molecule has 1 aliphatic rings. The van der Waals surface area contributed by atoms with E-state index in [0.717, 1.165) is 23.3 Å². The molecule has 0 saturated heterocycles. The van der Waals surface area contributed by atoms with Gasteiger partial charge in [0.25, 0.3) is 5.91 Å². The van der Waals surface area contributed by atoms with Crippen molar-refractivity contribution in [3.63, 3.8) is 0 Å². The van der Waals surface area contributed by atoms with E-state index in [-0.39, 0.29) is 25.2 Å². The van der Waals surface area contributed by atoms with Gasteiger partial charge in [0.2, 0.25) is 0 Å². The van der Waals surface area contributed by atoms with Crippen molar-refractivity contribution in [2.45, 2.75) is 26.0 Å². The number of halogens is 2. The molecule has 1 N–H and O–H groups in total. The number of benzene rings is 2. The molecule has 2 heterocycles. The second-order valence-corrected chi connectivity index (χ2v) is 7.62. The average molecular weight is 433 g/mol. The summed E-state index contributed by atoms with van der Waals surface area (Å²) in [6.45, 7) is 2.10. The molecule has 0 aliphatic carbocycles. The fourth-order valence-electron chi connectivity index (χ4n) is 3.08. The number of fused-ring (bicyclic) bond motifs is 1. The highest BCUT2D eigenvalue weighted by Crippen LogP contribution is 2.33. The van der Waals surface area contributed by atoms with Crippen LogP contribution in [0.4, 0.5) is 0 Å². The normalized spacial score (nSPS) is 14.9. The zero-order valence-electron chi connectivity index (χ0n) is 15.6. The lowest BCUT2D eigenvalue weighted by Crippen LogP contribution is -2.28. The van der Waals surface area contributed by atoms with E-state index in [1.165, 1.54) is 0 Å². The van der Waals surface area contributed by atoms with Gasteiger partial charge in [0.1, 0.15) is 23.3 Å². The molecule has 150 valence electrons. The number of hydrogen-bond donors (Lipinski definition) is 1. The van der Waals surface area contributed by atoms with Crippen molar-refractivity contribution in [2.24, 2.45) is 0 Å². The molecular weight excluding hydrogens is 415 g/mol. The monoisotopic (exact) mass is 432 g/mol. The summed E-state index contributed by atoms with van der Waals surface area (Å²) in [6, 6.07) is 12.5. The lowest BCUT2D eigenvalue weighted by molar-refractivity contribution is -0.123. The van der Waals surface area contributed by atoms with Gasteiger partial charge in [0.15, 0.2) is 12.4 Å². The number of nitrogens with one attached hydrogen (secondary N) is 1. The van der Waals surface area contributed by atoms with Crippen molar-refractivity contribution in [3.8, 4) is 22.8 Å². The fourth-order valence-corrected chi connectivity index (χ4v) is 3.55. The average Bonchev–Trinajstić information content (AvgIpc) is 3.30. The van der Waals surface area contributed by atoms with E-state index in [1.807, 2.05) is 25.1 Å². The second kappa shape index (κ2) is 8.35. The Hall–Kier alpha value is -2.70. The largest absolute Gasteiger partial charge is 0.490 e. The summed E-state index contributed by atoms with van der Waals surface area (Å²) in [4.78, 5) is 12.0. The summed E-state index contributed by atoms with van der Waals surface area (Å²) in [5.41, 5.74) is 2.69. The lowest BCUT2D eigenvalue weighted by Gasteiger charge is -2.08. The van der Waals surface area contributed by atoms with Crippen LogP contribution in [0.1, 0.15) is 18.2 Å². The second-order valence-electron chi connectivity index (χ2n) is 6.78. The standard InChI is InChI=1S/C21H18Cl2N2O4/c1-12-6-14-7-13(2-4-18(14)28-12)20-9-16(25-29-20)10-24-21(26)11-27-19-5-3-15(22)8-17(19)23/h2-5,7-9,12H,6,10-11H2,1H3,(H,24,26). The molecule has 4 rings (SSSR count). The summed E-state index contributed by atoms with van der Waals surface area (Å²) >= 11 is 11.9. The van der Waals surface area contributed by atoms with E-state index in [4.69, 9.17) is 37.2 Å². The Labute approximate surface area is 177 Å². The first-order chi connectivity index (χ1) is 14.0. The Bertz CT molecular complexity index is 1050. The summed E-state index contributed by atoms with van der Waals surface area (Å²) in [6.07, 6.45) is 1.06. The van der Waals surface area contributed by atoms with Crippen LogP contribution in [0.15, 0.2) is 47.0 Å². The molecule has 6 nitrogen and oxygen atoms in total. The number of rotatable bonds is 6. The molecular formula is C21H18Cl2N2O4. The molecule has 0 radical (unpaired) electrons. The van der Waals surface area contributed by atoms with Crippen LogP contribution in [0.2, 0.25) is 10.0 Å². The van der Waals surface area contributed by atoms with E-state index in [9.17, 15) is 4.79 Å². The van der Waals surface area contributed by atoms with Crippen LogP contribution in [0.5, 0.6) is 11.5 Å². The van der Waals surface area contributed by atoms with Gasteiger partial charge in [-0.05, 0) is 48.9 Å². The van der Waals surface area contributed by atoms with Crippen LogP contribution in [0, 0.1) is 0 Å². The number of hydrogen-bond acceptors (Lipinski definition) is 5. The maximum Gasteiger partial charge on any atom is 0.258 e. The molecule has 0 bridgehead atoms. The molecule has 1 unspecified atom stereocenters. The SMILES string of the molecule is CC1Cc2cc(-c3cc(CNC(=O)COc4ccc(Cl)cc4Cl)no3)ccc2O1. The van der Waals surface area contributed by atoms with Gasteiger partial charge >= 0.3 is 0 Å². The quantitative estimate of drug-likeness (QED) is 0.612. The predicted molar refractivity (Wildman–Crippen MR) is 110 cm³/mol. The van der Waals surface area contributed by atoms with Gasteiger partial charge in [0.05, 0.1) is 11.6 Å². The van der Waals surface area contributed by atoms with Crippen molar-refractivity contribution in [1.29, 1.82) is 0 Å². The van der Waals surface area contributed by atoms with Gasteiger partial charge in [-0.25, -0.2) is 0 Å². The summed E-state index contributed by atoms with van der Waals surface area (Å²) < 4.78 is 16.5. The van der Waals surface area contributed by atoms with Crippen molar-refractivity contribution < 1.29 is 18.8 Å². The zero-order valence-corrected chi connectivity index (χ0v) is 17.1. The number of carbonyl (C=O) groups is 1. The van der Waals surface area contributed by atoms with Crippen molar-refractivity contribution in [1.82, 2.24) is 10.5 Å². The first-order valence-corrected chi connectivity index (χ1v) is 9.83. The zero-order chi connectivity index (χ0) is 20.4. The first kappa shape index (κ1) is 19.6. The van der Waals surface area contributed by atoms with E-state index in [2.05, 4.69) is 10.5 Å². The van der Waals surface area contributed by atoms with Crippen LogP contribution >= 0.6 is 23.2 Å². The molecule has 0 fully saturated rings. The minimum Gasteiger partial charge on any atom is -0.490 e. The Morgan fingerprint density at radius 1 is 1.24 bits per heavy atom. The third-order valence-corrected chi connectivity index (χ3v) is 4.99. The maximum atomic E-state index is 12.0. The molecule has 0 saturated carbocycles. The lowest BCUT2D eigenvalue weighted by atomic mass is 10.1. The van der Waals surface area contributed by atoms with Gasteiger partial charge in [0, 0.05) is 23.1 Å². The van der Waals surface area contributed by atoms with Crippen LogP contribution in [-0.4, -0.2) is 23.8 Å². The highest BCUT2D eigenvalue weighted by Gasteiger charge is 2.20. The number of carbonyl (C=O) groups excluding carboxylic acids is 1. The van der Waals surface area contributed by atoms with Crippen LogP contribution in [0.3, 0.4) is 0 Å². The Morgan fingerprint density at radius 3 is 2.93 bits per heavy atom. The van der Waals surface area contributed by atoms with E-state index in [1.54, 1.807) is 24.3 Å². The Morgan fingerprint density at radius 2 is 2.10 bits per heavy atom. The minimum absolute atomic E-state index is 0.172. The number of nitrogens with zero attached hydrogens (tertiary/aromatic N) is 1. The van der Waals surface area contributed by atoms with Crippen molar-refractivity contribution in [2.75, 3.05) is 6.61 Å². The highest BCUT2D eigenvalue weighted by atomic mass is 35.5. The molecule has 1 aliphatic heterocycles. The highest BCUT2D eigenvalue weighted by molar-refractivity contribution is 6.35. The molecule has 1 atom stereocenters. The summed E-state index contributed by atoms with van der Waals surface area (Å²) in [5, 5.41) is 7.60. The summed E-state index contributed by atoms with van der Waals surface area (Å²) in [7, 11) is 0. The van der Waals surface area contributed by atoms with Gasteiger partial charge < -0.3 is 19.3 Å². The minimum atomic E-state index is -0.302. The van der Waals surface area contributed by atoms with E-state index in [0.29, 0.717) is 27.2 Å². The molecule has 0 spiro atoms. The van der Waals surface area contributed by atoms with Gasteiger partial charge in [-0.1, -0.05) is 28.4 Å². The number of amides is 1. The molecule has 1 amide bonds. The fraction of sp³-hybridized carbons (Fsp3) is 0.238. The van der Waals surface area contributed by atoms with E-state index < -0.39 is 0 Å². The van der Waals surface area contributed by atoms with Crippen LogP contribution in [-0.2, 0) is 17.8 Å². The van der Waals surface area contributed by atoms with Crippen molar-refractivity contribution in [3.05, 3.63) is 63.8 Å². The van der Waals surface area contributed by atoms with Crippen LogP contribution in [0.25, 0.3) is 11.3 Å². The van der Waals surface area contributed by atoms with Crippen LogP contribution < -0.4 is 14.8 Å². The molecule has 3 aromatic rings. The maximum absolute atomic E-state index is 12.0. The molecule has 29 heavy (non-hydrogen) atoms.